The van der Waals surface area contributed by atoms with Crippen LogP contribution in [0.25, 0.3) is 11.0 Å². The average molecular weight is 508 g/mol. The summed E-state index contributed by atoms with van der Waals surface area (Å²) in [4.78, 5) is 28.4. The number of hydrogen-bond donors (Lipinski definition) is 1. The van der Waals surface area contributed by atoms with E-state index in [1.54, 1.807) is 66.7 Å². The number of benzene rings is 3. The predicted molar refractivity (Wildman–Crippen MR) is 135 cm³/mol. The number of aryl methyl sites for hydroxylation is 1. The molecule has 1 amide bonds. The van der Waals surface area contributed by atoms with Gasteiger partial charge in [-0.15, -0.1) is 0 Å². The van der Waals surface area contributed by atoms with Crippen LogP contribution in [0, 0.1) is 6.92 Å². The number of Topliss-reactive ketones (excluding diaryl/α,β-unsaturated/α-hetero) is 1. The van der Waals surface area contributed by atoms with Gasteiger partial charge < -0.3 is 14.3 Å². The van der Waals surface area contributed by atoms with Gasteiger partial charge in [0.15, 0.2) is 22.9 Å². The fourth-order valence-corrected chi connectivity index (χ4v) is 4.54. The van der Waals surface area contributed by atoms with Gasteiger partial charge in [0.05, 0.1) is 18.7 Å². The van der Waals surface area contributed by atoms with Gasteiger partial charge in [-0.2, -0.15) is 0 Å². The maximum absolute atomic E-state index is 13.7. The van der Waals surface area contributed by atoms with Crippen LogP contribution in [0.15, 0.2) is 82.5 Å². The lowest BCUT2D eigenvalue weighted by molar-refractivity contribution is -0.117. The number of ether oxygens (including phenoxy) is 1. The number of anilines is 1. The largest absolute Gasteiger partial charge is 0.503 e. The third-order valence-corrected chi connectivity index (χ3v) is 6.68. The molecule has 0 spiro atoms. The van der Waals surface area contributed by atoms with E-state index in [9.17, 15) is 14.7 Å². The van der Waals surface area contributed by atoms with Crippen molar-refractivity contribution in [1.82, 2.24) is 0 Å². The molecule has 1 N–H and O–H groups in total. The number of para-hydroxylation sites is 1. The molecule has 1 atom stereocenters. The summed E-state index contributed by atoms with van der Waals surface area (Å²) in [5, 5.41) is 12.6. The molecule has 2 heterocycles. The van der Waals surface area contributed by atoms with Crippen LogP contribution in [0.2, 0.25) is 10.0 Å². The summed E-state index contributed by atoms with van der Waals surface area (Å²) in [5.74, 6) is -1.55. The molecule has 6 nitrogen and oxygen atoms in total. The van der Waals surface area contributed by atoms with E-state index in [0.717, 1.165) is 5.56 Å². The van der Waals surface area contributed by atoms with E-state index in [4.69, 9.17) is 32.4 Å². The average Bonchev–Trinajstić information content (AvgIpc) is 3.40. The topological polar surface area (TPSA) is 80.0 Å². The lowest BCUT2D eigenvalue weighted by Crippen LogP contribution is -2.31. The van der Waals surface area contributed by atoms with E-state index < -0.39 is 23.5 Å². The van der Waals surface area contributed by atoms with Crippen molar-refractivity contribution in [2.24, 2.45) is 0 Å². The molecule has 35 heavy (non-hydrogen) atoms. The summed E-state index contributed by atoms with van der Waals surface area (Å²) in [6.07, 6.45) is 0. The summed E-state index contributed by atoms with van der Waals surface area (Å²) < 4.78 is 11.2. The Hall–Kier alpha value is -3.74. The van der Waals surface area contributed by atoms with Gasteiger partial charge in [-0.3, -0.25) is 14.5 Å². The van der Waals surface area contributed by atoms with Crippen LogP contribution < -0.4 is 9.64 Å². The molecular formula is C27H19Cl2NO5. The Morgan fingerprint density at radius 3 is 2.49 bits per heavy atom. The first-order valence-corrected chi connectivity index (χ1v) is 11.4. The van der Waals surface area contributed by atoms with Crippen LogP contribution in [0.3, 0.4) is 0 Å². The van der Waals surface area contributed by atoms with E-state index in [1.165, 1.54) is 12.0 Å². The van der Waals surface area contributed by atoms with Crippen LogP contribution >= 0.6 is 23.2 Å². The van der Waals surface area contributed by atoms with Crippen molar-refractivity contribution >= 4 is 51.5 Å². The molecule has 0 saturated heterocycles. The van der Waals surface area contributed by atoms with Crippen molar-refractivity contribution in [1.29, 1.82) is 0 Å². The van der Waals surface area contributed by atoms with Crippen LogP contribution in [0.4, 0.5) is 5.69 Å². The maximum Gasteiger partial charge on any atom is 0.294 e. The van der Waals surface area contributed by atoms with E-state index in [2.05, 4.69) is 0 Å². The zero-order valence-electron chi connectivity index (χ0n) is 18.7. The van der Waals surface area contributed by atoms with Crippen molar-refractivity contribution in [3.63, 3.8) is 0 Å². The van der Waals surface area contributed by atoms with Crippen LogP contribution in [0.5, 0.6) is 5.75 Å². The Bertz CT molecular complexity index is 1520. The molecule has 1 aromatic heterocycles. The Balaban J connectivity index is 1.67. The second-order valence-electron chi connectivity index (χ2n) is 8.14. The first-order valence-electron chi connectivity index (χ1n) is 10.7. The van der Waals surface area contributed by atoms with Gasteiger partial charge in [0.25, 0.3) is 5.91 Å². The number of carbonyl (C=O) groups is 2. The molecule has 0 radical (unpaired) electrons. The zero-order valence-corrected chi connectivity index (χ0v) is 20.2. The third-order valence-electron chi connectivity index (χ3n) is 6.02. The number of furan rings is 1. The molecule has 0 bridgehead atoms. The van der Waals surface area contributed by atoms with Crippen molar-refractivity contribution < 1.29 is 23.8 Å². The van der Waals surface area contributed by atoms with Crippen molar-refractivity contribution in [2.75, 3.05) is 12.0 Å². The van der Waals surface area contributed by atoms with Crippen molar-refractivity contribution in [3.8, 4) is 5.75 Å². The van der Waals surface area contributed by atoms with E-state index >= 15 is 0 Å². The molecule has 0 aliphatic carbocycles. The fourth-order valence-electron chi connectivity index (χ4n) is 4.24. The minimum atomic E-state index is -0.929. The minimum absolute atomic E-state index is 0.0263. The van der Waals surface area contributed by atoms with Gasteiger partial charge >= 0.3 is 0 Å². The number of ketones is 1. The number of hydrogen-bond acceptors (Lipinski definition) is 5. The van der Waals surface area contributed by atoms with E-state index in [-0.39, 0.29) is 11.3 Å². The number of fused-ring (bicyclic) bond motifs is 1. The first-order chi connectivity index (χ1) is 16.8. The van der Waals surface area contributed by atoms with Crippen LogP contribution in [-0.4, -0.2) is 23.9 Å². The number of aliphatic hydroxyl groups excluding tert-OH is 1. The highest BCUT2D eigenvalue weighted by atomic mass is 35.5. The number of rotatable bonds is 5. The normalized spacial score (nSPS) is 15.8. The number of carbonyl (C=O) groups excluding carboxylic acids is 2. The lowest BCUT2D eigenvalue weighted by Gasteiger charge is -2.27. The molecule has 3 aromatic carbocycles. The second kappa shape index (κ2) is 8.80. The SMILES string of the molecule is COc1cccc2cc(C(=O)C3=C(O)C(=O)N(c4ccc(C)c(Cl)c4)C3c3ccc(Cl)cc3)oc12. The maximum atomic E-state index is 13.7. The number of methoxy groups -OCH3 is 1. The van der Waals surface area contributed by atoms with Gasteiger partial charge in [-0.1, -0.05) is 53.5 Å². The highest BCUT2D eigenvalue weighted by Crippen LogP contribution is 2.43. The number of aliphatic hydroxyl groups is 1. The van der Waals surface area contributed by atoms with E-state index in [1.807, 2.05) is 6.92 Å². The van der Waals surface area contributed by atoms with Crippen molar-refractivity contribution in [2.45, 2.75) is 13.0 Å². The van der Waals surface area contributed by atoms with Gasteiger partial charge in [0, 0.05) is 21.1 Å². The minimum Gasteiger partial charge on any atom is -0.503 e. The summed E-state index contributed by atoms with van der Waals surface area (Å²) in [6.45, 7) is 1.84. The number of halogens is 2. The predicted octanol–water partition coefficient (Wildman–Crippen LogP) is 6.84. The number of amides is 1. The molecular weight excluding hydrogens is 489 g/mol. The monoisotopic (exact) mass is 507 g/mol. The first kappa shape index (κ1) is 23.0. The van der Waals surface area contributed by atoms with Crippen LogP contribution in [-0.2, 0) is 4.79 Å². The van der Waals surface area contributed by atoms with Gasteiger partial charge in [-0.25, -0.2) is 0 Å². The molecule has 1 unspecified atom stereocenters. The Labute approximate surface area is 210 Å². The highest BCUT2D eigenvalue weighted by molar-refractivity contribution is 6.32. The Morgan fingerprint density at radius 2 is 1.80 bits per heavy atom. The zero-order chi connectivity index (χ0) is 24.9. The Morgan fingerprint density at radius 1 is 1.06 bits per heavy atom. The quantitative estimate of drug-likeness (QED) is 0.299. The summed E-state index contributed by atoms with van der Waals surface area (Å²) in [6, 6.07) is 17.8. The summed E-state index contributed by atoms with van der Waals surface area (Å²) >= 11 is 12.4. The smallest absolute Gasteiger partial charge is 0.294 e. The third kappa shape index (κ3) is 3.85. The number of nitrogens with zero attached hydrogens (tertiary/aromatic N) is 1. The second-order valence-corrected chi connectivity index (χ2v) is 8.99. The Kier molecular flexibility index (Phi) is 5.79. The molecule has 4 aromatic rings. The fraction of sp³-hybridized carbons (Fsp3) is 0.111. The summed E-state index contributed by atoms with van der Waals surface area (Å²) in [5.41, 5.74) is 2.14. The molecule has 176 valence electrons. The van der Waals surface area contributed by atoms with Crippen LogP contribution in [0.1, 0.15) is 27.7 Å². The summed E-state index contributed by atoms with van der Waals surface area (Å²) in [7, 11) is 1.50. The molecule has 8 heteroatoms. The molecule has 0 fully saturated rings. The van der Waals surface area contributed by atoms with Crippen molar-refractivity contribution in [3.05, 3.63) is 105 Å². The molecule has 0 saturated carbocycles. The molecule has 1 aliphatic rings. The standard InChI is InChI=1S/C27H19Cl2NO5/c1-14-6-11-18(13-19(14)29)30-23(15-7-9-17(28)10-8-15)22(25(32)27(30)33)24(31)21-12-16-4-3-5-20(34-2)26(16)35-21/h3-13,23,32H,1-2H3. The van der Waals surface area contributed by atoms with Gasteiger partial charge in [0.1, 0.15) is 0 Å². The van der Waals surface area contributed by atoms with Gasteiger partial charge in [0.2, 0.25) is 5.78 Å². The molecule has 1 aliphatic heterocycles. The highest BCUT2D eigenvalue weighted by Gasteiger charge is 2.45. The molecule has 5 rings (SSSR count). The lowest BCUT2D eigenvalue weighted by atomic mass is 9.94. The van der Waals surface area contributed by atoms with Gasteiger partial charge in [-0.05, 0) is 54.4 Å². The van der Waals surface area contributed by atoms with E-state index in [0.29, 0.717) is 38.0 Å².